The molecular formula is C19H18O2. The van der Waals surface area contributed by atoms with Crippen LogP contribution in [0.25, 0.3) is 21.5 Å². The van der Waals surface area contributed by atoms with E-state index in [2.05, 4.69) is 30.3 Å². The molecular weight excluding hydrogens is 260 g/mol. The highest BCUT2D eigenvalue weighted by atomic mass is 16.4. The summed E-state index contributed by atoms with van der Waals surface area (Å²) in [6.45, 7) is 2.02. The third kappa shape index (κ3) is 2.38. The summed E-state index contributed by atoms with van der Waals surface area (Å²) in [6.07, 6.45) is 1.53. The fourth-order valence-corrected chi connectivity index (χ4v) is 3.07. The van der Waals surface area contributed by atoms with Crippen LogP contribution in [0, 0.1) is 0 Å². The zero-order valence-corrected chi connectivity index (χ0v) is 12.0. The van der Waals surface area contributed by atoms with Gasteiger partial charge in [0.1, 0.15) is 0 Å². The van der Waals surface area contributed by atoms with Gasteiger partial charge in [0.2, 0.25) is 0 Å². The van der Waals surface area contributed by atoms with Gasteiger partial charge in [-0.1, -0.05) is 67.9 Å². The number of rotatable bonds is 4. The van der Waals surface area contributed by atoms with Crippen molar-refractivity contribution in [1.29, 1.82) is 0 Å². The van der Waals surface area contributed by atoms with Crippen LogP contribution in [0.5, 0.6) is 0 Å². The Bertz CT molecular complexity index is 805. The molecule has 0 aromatic heterocycles. The Morgan fingerprint density at radius 1 is 0.952 bits per heavy atom. The summed E-state index contributed by atoms with van der Waals surface area (Å²) in [5, 5.41) is 14.1. The standard InChI is InChI=1S/C19H18O2/c1-2-6-18(19(20)21)16-10-5-9-15-14-8-4-3-7-13(14)11-12-17(15)16/h3-5,7-12,18H,2,6H2,1H3,(H,20,21). The van der Waals surface area contributed by atoms with E-state index in [0.717, 1.165) is 22.8 Å². The van der Waals surface area contributed by atoms with E-state index < -0.39 is 11.9 Å². The molecule has 0 spiro atoms. The van der Waals surface area contributed by atoms with E-state index in [1.807, 2.05) is 31.2 Å². The van der Waals surface area contributed by atoms with Gasteiger partial charge < -0.3 is 5.11 Å². The summed E-state index contributed by atoms with van der Waals surface area (Å²) < 4.78 is 0. The second-order valence-electron chi connectivity index (χ2n) is 5.41. The minimum atomic E-state index is -0.738. The van der Waals surface area contributed by atoms with Crippen molar-refractivity contribution >= 4 is 27.5 Å². The number of benzene rings is 3. The number of fused-ring (bicyclic) bond motifs is 3. The predicted octanol–water partition coefficient (Wildman–Crippen LogP) is 4.96. The molecule has 0 bridgehead atoms. The lowest BCUT2D eigenvalue weighted by molar-refractivity contribution is -0.138. The Hall–Kier alpha value is -2.35. The fraction of sp³-hybridized carbons (Fsp3) is 0.211. The van der Waals surface area contributed by atoms with Crippen LogP contribution < -0.4 is 0 Å². The van der Waals surface area contributed by atoms with Crippen molar-refractivity contribution in [1.82, 2.24) is 0 Å². The molecule has 1 unspecified atom stereocenters. The number of carboxylic acid groups (broad SMARTS) is 1. The average Bonchev–Trinajstić information content (AvgIpc) is 2.51. The number of hydrogen-bond donors (Lipinski definition) is 1. The van der Waals surface area contributed by atoms with Crippen LogP contribution in [0.4, 0.5) is 0 Å². The van der Waals surface area contributed by atoms with E-state index in [-0.39, 0.29) is 0 Å². The van der Waals surface area contributed by atoms with Gasteiger partial charge in [-0.05, 0) is 33.5 Å². The maximum atomic E-state index is 11.6. The molecule has 0 amide bonds. The lowest BCUT2D eigenvalue weighted by Gasteiger charge is -2.15. The highest BCUT2D eigenvalue weighted by Gasteiger charge is 2.21. The molecule has 21 heavy (non-hydrogen) atoms. The van der Waals surface area contributed by atoms with Crippen molar-refractivity contribution < 1.29 is 9.90 Å². The normalized spacial score (nSPS) is 12.6. The fourth-order valence-electron chi connectivity index (χ4n) is 3.07. The van der Waals surface area contributed by atoms with E-state index in [0.29, 0.717) is 6.42 Å². The lowest BCUT2D eigenvalue weighted by Crippen LogP contribution is -2.11. The first-order valence-corrected chi connectivity index (χ1v) is 7.35. The van der Waals surface area contributed by atoms with Crippen molar-refractivity contribution in [3.05, 3.63) is 60.2 Å². The maximum Gasteiger partial charge on any atom is 0.310 e. The largest absolute Gasteiger partial charge is 0.481 e. The van der Waals surface area contributed by atoms with Crippen LogP contribution in [0.15, 0.2) is 54.6 Å². The Morgan fingerprint density at radius 2 is 1.71 bits per heavy atom. The summed E-state index contributed by atoms with van der Waals surface area (Å²) in [5.41, 5.74) is 0.924. The number of carboxylic acids is 1. The zero-order valence-electron chi connectivity index (χ0n) is 12.0. The van der Waals surface area contributed by atoms with Crippen LogP contribution in [0.3, 0.4) is 0 Å². The quantitative estimate of drug-likeness (QED) is 0.685. The number of hydrogen-bond acceptors (Lipinski definition) is 1. The molecule has 0 aliphatic heterocycles. The molecule has 2 heteroatoms. The average molecular weight is 278 g/mol. The maximum absolute atomic E-state index is 11.6. The number of carbonyl (C=O) groups is 1. The summed E-state index contributed by atoms with van der Waals surface area (Å²) in [6, 6.07) is 18.3. The van der Waals surface area contributed by atoms with Gasteiger partial charge in [0.05, 0.1) is 5.92 Å². The first-order valence-electron chi connectivity index (χ1n) is 7.35. The van der Waals surface area contributed by atoms with Gasteiger partial charge in [-0.3, -0.25) is 4.79 Å². The van der Waals surface area contributed by atoms with Gasteiger partial charge in [0, 0.05) is 0 Å². The third-order valence-electron chi connectivity index (χ3n) is 4.07. The second kappa shape index (κ2) is 5.57. The summed E-state index contributed by atoms with van der Waals surface area (Å²) in [7, 11) is 0. The lowest BCUT2D eigenvalue weighted by atomic mass is 9.89. The molecule has 0 aliphatic rings. The molecule has 2 nitrogen and oxygen atoms in total. The molecule has 106 valence electrons. The summed E-state index contributed by atoms with van der Waals surface area (Å²) >= 11 is 0. The van der Waals surface area contributed by atoms with E-state index in [4.69, 9.17) is 0 Å². The summed E-state index contributed by atoms with van der Waals surface area (Å²) in [5.74, 6) is -1.17. The molecule has 0 heterocycles. The topological polar surface area (TPSA) is 37.3 Å². The monoisotopic (exact) mass is 278 g/mol. The number of aliphatic carboxylic acids is 1. The Kier molecular flexibility index (Phi) is 3.61. The zero-order chi connectivity index (χ0) is 14.8. The van der Waals surface area contributed by atoms with Crippen molar-refractivity contribution in [3.8, 4) is 0 Å². The molecule has 0 saturated heterocycles. The van der Waals surface area contributed by atoms with Crippen LogP contribution in [-0.4, -0.2) is 11.1 Å². The first kappa shape index (κ1) is 13.6. The van der Waals surface area contributed by atoms with Crippen molar-refractivity contribution in [3.63, 3.8) is 0 Å². The van der Waals surface area contributed by atoms with E-state index in [1.165, 1.54) is 10.8 Å². The van der Waals surface area contributed by atoms with Gasteiger partial charge in [-0.15, -0.1) is 0 Å². The smallest absolute Gasteiger partial charge is 0.310 e. The SMILES string of the molecule is CCCC(C(=O)O)c1cccc2c1ccc1ccccc12. The molecule has 3 aromatic carbocycles. The highest BCUT2D eigenvalue weighted by Crippen LogP contribution is 2.33. The molecule has 0 radical (unpaired) electrons. The van der Waals surface area contributed by atoms with Gasteiger partial charge >= 0.3 is 5.97 Å². The van der Waals surface area contributed by atoms with E-state index in [9.17, 15) is 9.90 Å². The molecule has 1 atom stereocenters. The molecule has 3 aromatic rings. The minimum absolute atomic E-state index is 0.431. The third-order valence-corrected chi connectivity index (χ3v) is 4.07. The van der Waals surface area contributed by atoms with E-state index in [1.54, 1.807) is 0 Å². The Labute approximate surface area is 124 Å². The van der Waals surface area contributed by atoms with Gasteiger partial charge in [-0.25, -0.2) is 0 Å². The van der Waals surface area contributed by atoms with Gasteiger partial charge in [0.15, 0.2) is 0 Å². The Balaban J connectivity index is 2.29. The molecule has 0 fully saturated rings. The Morgan fingerprint density at radius 3 is 2.48 bits per heavy atom. The molecule has 1 N–H and O–H groups in total. The van der Waals surface area contributed by atoms with Crippen molar-refractivity contribution in [2.75, 3.05) is 0 Å². The van der Waals surface area contributed by atoms with Gasteiger partial charge in [0.25, 0.3) is 0 Å². The first-order chi connectivity index (χ1) is 10.2. The van der Waals surface area contributed by atoms with Crippen molar-refractivity contribution in [2.45, 2.75) is 25.7 Å². The van der Waals surface area contributed by atoms with Crippen LogP contribution >= 0.6 is 0 Å². The van der Waals surface area contributed by atoms with Crippen LogP contribution in [0.2, 0.25) is 0 Å². The van der Waals surface area contributed by atoms with Gasteiger partial charge in [-0.2, -0.15) is 0 Å². The van der Waals surface area contributed by atoms with Crippen LogP contribution in [-0.2, 0) is 4.79 Å². The van der Waals surface area contributed by atoms with Crippen molar-refractivity contribution in [2.24, 2.45) is 0 Å². The highest BCUT2D eigenvalue weighted by molar-refractivity contribution is 6.09. The molecule has 3 rings (SSSR count). The van der Waals surface area contributed by atoms with E-state index >= 15 is 0 Å². The van der Waals surface area contributed by atoms with Crippen LogP contribution in [0.1, 0.15) is 31.2 Å². The summed E-state index contributed by atoms with van der Waals surface area (Å²) in [4.78, 5) is 11.6. The molecule has 0 aliphatic carbocycles. The minimum Gasteiger partial charge on any atom is -0.481 e. The second-order valence-corrected chi connectivity index (χ2v) is 5.41. The molecule has 0 saturated carbocycles. The predicted molar refractivity (Wildman–Crippen MR) is 86.7 cm³/mol.